The van der Waals surface area contributed by atoms with E-state index in [1.54, 1.807) is 64.1 Å². The number of ether oxygens (including phenoxy) is 3. The fourth-order valence-electron chi connectivity index (χ4n) is 5.06. The number of hydrogen-bond acceptors (Lipinski definition) is 11. The van der Waals surface area contributed by atoms with Crippen LogP contribution < -0.4 is 14.3 Å². The van der Waals surface area contributed by atoms with Crippen LogP contribution in [0.25, 0.3) is 21.9 Å². The van der Waals surface area contributed by atoms with E-state index in [-0.39, 0.29) is 35.2 Å². The number of aliphatic hydroxyl groups excluding tert-OH is 1. The van der Waals surface area contributed by atoms with Gasteiger partial charge in [0.1, 0.15) is 24.2 Å². The van der Waals surface area contributed by atoms with Gasteiger partial charge in [-0.1, -0.05) is 36.4 Å². The number of benzene rings is 2. The SMILES string of the molecule is CCOc1nc(C)nc2c1ncn2[C@@H]1O[C@](F)(COP(=O)(NC(C)C(=O)OC(C)C)Oc2cccc3ccccc23)[C@@H](O)[C@@]1(C)F. The van der Waals surface area contributed by atoms with Gasteiger partial charge in [-0.2, -0.15) is 10.1 Å². The molecule has 1 fully saturated rings. The molecular weight excluding hydrogens is 627 g/mol. The monoisotopic (exact) mass is 663 g/mol. The van der Waals surface area contributed by atoms with Gasteiger partial charge in [0.05, 0.1) is 19.0 Å². The smallest absolute Gasteiger partial charge is 0.459 e. The summed E-state index contributed by atoms with van der Waals surface area (Å²) in [7, 11) is -4.66. The molecule has 0 amide bonds. The maximum Gasteiger partial charge on any atom is 0.459 e. The minimum Gasteiger partial charge on any atom is -0.476 e. The van der Waals surface area contributed by atoms with Crippen LogP contribution in [0.5, 0.6) is 11.6 Å². The largest absolute Gasteiger partial charge is 0.476 e. The van der Waals surface area contributed by atoms with Crippen LogP contribution in [0.3, 0.4) is 0 Å². The Morgan fingerprint density at radius 2 is 1.89 bits per heavy atom. The van der Waals surface area contributed by atoms with Gasteiger partial charge >= 0.3 is 13.7 Å². The zero-order chi connectivity index (χ0) is 33.4. The van der Waals surface area contributed by atoms with Gasteiger partial charge in [-0.15, -0.1) is 0 Å². The van der Waals surface area contributed by atoms with Gasteiger partial charge in [0.15, 0.2) is 29.2 Å². The van der Waals surface area contributed by atoms with Crippen LogP contribution >= 0.6 is 7.75 Å². The second kappa shape index (κ2) is 12.8. The first-order chi connectivity index (χ1) is 21.7. The van der Waals surface area contributed by atoms with Crippen LogP contribution in [0.15, 0.2) is 48.8 Å². The summed E-state index contributed by atoms with van der Waals surface area (Å²) in [6, 6.07) is 10.8. The fourth-order valence-corrected chi connectivity index (χ4v) is 6.58. The Morgan fingerprint density at radius 3 is 2.61 bits per heavy atom. The Bertz CT molecular complexity index is 1780. The molecule has 3 heterocycles. The highest BCUT2D eigenvalue weighted by Crippen LogP contribution is 2.52. The topological polar surface area (TPSA) is 156 Å². The molecule has 4 aromatic rings. The van der Waals surface area contributed by atoms with Crippen molar-refractivity contribution < 1.29 is 46.5 Å². The molecule has 13 nitrogen and oxygen atoms in total. The molecule has 5 rings (SSSR count). The molecule has 2 unspecified atom stereocenters. The first-order valence-electron chi connectivity index (χ1n) is 14.7. The molecule has 0 radical (unpaired) electrons. The van der Waals surface area contributed by atoms with Gasteiger partial charge in [-0.25, -0.2) is 23.3 Å². The van der Waals surface area contributed by atoms with Gasteiger partial charge in [0, 0.05) is 5.39 Å². The van der Waals surface area contributed by atoms with Crippen LogP contribution in [0.1, 0.15) is 46.7 Å². The Balaban J connectivity index is 1.45. The summed E-state index contributed by atoms with van der Waals surface area (Å²) < 4.78 is 75.5. The summed E-state index contributed by atoms with van der Waals surface area (Å²) in [6.07, 6.45) is -3.55. The van der Waals surface area contributed by atoms with Crippen LogP contribution in [-0.4, -0.2) is 73.6 Å². The molecule has 2 N–H and O–H groups in total. The molecule has 1 aliphatic heterocycles. The average molecular weight is 664 g/mol. The Morgan fingerprint density at radius 1 is 1.17 bits per heavy atom. The minimum absolute atomic E-state index is 0.0753. The summed E-state index contributed by atoms with van der Waals surface area (Å²) in [5.41, 5.74) is -2.52. The van der Waals surface area contributed by atoms with Crippen LogP contribution in [0.2, 0.25) is 0 Å². The van der Waals surface area contributed by atoms with Gasteiger partial charge < -0.3 is 23.8 Å². The van der Waals surface area contributed by atoms with E-state index in [1.165, 1.54) is 19.3 Å². The van der Waals surface area contributed by atoms with E-state index in [9.17, 15) is 14.5 Å². The van der Waals surface area contributed by atoms with Crippen molar-refractivity contribution in [2.24, 2.45) is 0 Å². The fraction of sp³-hybridized carbons (Fsp3) is 0.467. The molecule has 1 aliphatic rings. The molecule has 1 saturated heterocycles. The number of hydrogen-bond donors (Lipinski definition) is 2. The van der Waals surface area contributed by atoms with Crippen molar-refractivity contribution in [1.29, 1.82) is 0 Å². The van der Waals surface area contributed by atoms with Crippen molar-refractivity contribution in [3.05, 3.63) is 54.6 Å². The number of rotatable bonds is 12. The van der Waals surface area contributed by atoms with E-state index in [2.05, 4.69) is 20.0 Å². The molecule has 6 atom stereocenters. The number of fused-ring (bicyclic) bond motifs is 2. The van der Waals surface area contributed by atoms with Crippen molar-refractivity contribution in [1.82, 2.24) is 24.6 Å². The number of nitrogens with one attached hydrogen (secondary N) is 1. The molecule has 0 bridgehead atoms. The summed E-state index contributed by atoms with van der Waals surface area (Å²) in [5, 5.41) is 14.7. The predicted octanol–water partition coefficient (Wildman–Crippen LogP) is 5.10. The normalized spacial score (nSPS) is 25.1. The quantitative estimate of drug-likeness (QED) is 0.153. The lowest BCUT2D eigenvalue weighted by atomic mass is 9.97. The number of carbonyl (C=O) groups excluding carboxylic acids is 1. The number of nitrogens with zero attached hydrogens (tertiary/aromatic N) is 4. The number of aryl methyl sites for hydroxylation is 1. The maximum absolute atomic E-state index is 16.5. The number of aliphatic hydroxyl groups is 1. The highest BCUT2D eigenvalue weighted by molar-refractivity contribution is 7.52. The first-order valence-corrected chi connectivity index (χ1v) is 16.2. The maximum atomic E-state index is 16.5. The van der Waals surface area contributed by atoms with Gasteiger partial charge in [0.2, 0.25) is 5.88 Å². The Labute approximate surface area is 263 Å². The van der Waals surface area contributed by atoms with E-state index >= 15 is 8.78 Å². The highest BCUT2D eigenvalue weighted by Gasteiger charge is 2.65. The highest BCUT2D eigenvalue weighted by atomic mass is 31.2. The molecule has 16 heteroatoms. The molecule has 2 aromatic heterocycles. The van der Waals surface area contributed by atoms with E-state index in [4.69, 9.17) is 23.3 Å². The van der Waals surface area contributed by atoms with Crippen LogP contribution in [0.4, 0.5) is 8.78 Å². The number of halogens is 2. The molecular formula is C30H36F2N5O8P. The lowest BCUT2D eigenvalue weighted by Gasteiger charge is -2.28. The molecule has 0 spiro atoms. The first kappa shape index (κ1) is 33.6. The summed E-state index contributed by atoms with van der Waals surface area (Å²) in [4.78, 5) is 25.3. The van der Waals surface area contributed by atoms with Gasteiger partial charge in [-0.3, -0.25) is 13.9 Å². The molecule has 46 heavy (non-hydrogen) atoms. The zero-order valence-corrected chi connectivity index (χ0v) is 27.0. The molecule has 2 aromatic carbocycles. The second-order valence-electron chi connectivity index (χ2n) is 11.3. The minimum atomic E-state index is -4.66. The zero-order valence-electron chi connectivity index (χ0n) is 26.1. The third kappa shape index (κ3) is 6.56. The Kier molecular flexibility index (Phi) is 9.35. The van der Waals surface area contributed by atoms with Gasteiger partial charge in [0.25, 0.3) is 5.85 Å². The molecule has 0 aliphatic carbocycles. The third-order valence-electron chi connectivity index (χ3n) is 7.22. The van der Waals surface area contributed by atoms with E-state index in [1.807, 2.05) is 0 Å². The van der Waals surface area contributed by atoms with E-state index in [0.29, 0.717) is 5.39 Å². The standard InChI is InChI=1S/C30H36F2N5O8P/c1-7-41-25-23-24(34-19(5)35-25)37(16-33-23)28-29(6,31)27(39)30(32,44-28)15-42-46(40,36-18(4)26(38)43-17(2)3)45-22-14-10-12-20-11-8-9-13-21(20)22/h8-14,16-18,27-28,39H,7,15H2,1-6H3,(H,36,40)/t18?,27-,28+,29+,30+,46?/m0/s1. The summed E-state index contributed by atoms with van der Waals surface area (Å²) in [5.74, 6) is -3.52. The number of imidazole rings is 1. The van der Waals surface area contributed by atoms with Crippen molar-refractivity contribution in [3.8, 4) is 11.6 Å². The number of carbonyl (C=O) groups is 1. The molecule has 248 valence electrons. The van der Waals surface area contributed by atoms with Crippen molar-refractivity contribution in [2.75, 3.05) is 13.2 Å². The number of esters is 1. The van der Waals surface area contributed by atoms with Crippen molar-refractivity contribution in [3.63, 3.8) is 0 Å². The van der Waals surface area contributed by atoms with Gasteiger partial charge in [-0.05, 0) is 53.0 Å². The van der Waals surface area contributed by atoms with E-state index in [0.717, 1.165) is 16.9 Å². The third-order valence-corrected chi connectivity index (χ3v) is 8.83. The molecule has 0 saturated carbocycles. The van der Waals surface area contributed by atoms with Crippen molar-refractivity contribution in [2.45, 2.75) is 77.5 Å². The van der Waals surface area contributed by atoms with Crippen molar-refractivity contribution >= 4 is 35.7 Å². The lowest BCUT2D eigenvalue weighted by molar-refractivity contribution is -0.202. The lowest BCUT2D eigenvalue weighted by Crippen LogP contribution is -2.47. The Hall–Kier alpha value is -3.75. The summed E-state index contributed by atoms with van der Waals surface area (Å²) in [6.45, 7) is 7.92. The average Bonchev–Trinajstić information content (AvgIpc) is 3.48. The summed E-state index contributed by atoms with van der Waals surface area (Å²) >= 11 is 0. The predicted molar refractivity (Wildman–Crippen MR) is 163 cm³/mol. The second-order valence-corrected chi connectivity index (χ2v) is 13.0. The van der Waals surface area contributed by atoms with Crippen LogP contribution in [-0.2, 0) is 23.4 Å². The number of alkyl halides is 2. The van der Waals surface area contributed by atoms with Crippen LogP contribution in [0, 0.1) is 6.92 Å². The van der Waals surface area contributed by atoms with E-state index < -0.39 is 56.3 Å². The number of aromatic nitrogens is 4.